The fourth-order valence-corrected chi connectivity index (χ4v) is 3.08. The predicted molar refractivity (Wildman–Crippen MR) is 99.6 cm³/mol. The normalized spacial score (nSPS) is 18.9. The SMILES string of the molecule is COc1ccccc1C(=O)N[C@]1(C(F)(F)F)NC(=O)N(CCc2ccccc2)C1=O. The molecule has 0 unspecified atom stereocenters. The summed E-state index contributed by atoms with van der Waals surface area (Å²) in [6.45, 7) is -0.281. The predicted octanol–water partition coefficient (Wildman–Crippen LogP) is 2.48. The van der Waals surface area contributed by atoms with Gasteiger partial charge in [-0.1, -0.05) is 42.5 Å². The highest BCUT2D eigenvalue weighted by atomic mass is 19.4. The van der Waals surface area contributed by atoms with Crippen LogP contribution in [0, 0.1) is 0 Å². The number of ether oxygens (including phenoxy) is 1. The Hall–Kier alpha value is -3.56. The molecular formula is C20H18F3N3O4. The summed E-state index contributed by atoms with van der Waals surface area (Å²) in [5.41, 5.74) is -3.05. The first-order chi connectivity index (χ1) is 14.2. The summed E-state index contributed by atoms with van der Waals surface area (Å²) in [5.74, 6) is -2.80. The van der Waals surface area contributed by atoms with E-state index < -0.39 is 29.7 Å². The first kappa shape index (κ1) is 21.2. The van der Waals surface area contributed by atoms with Crippen LogP contribution in [0.5, 0.6) is 5.75 Å². The van der Waals surface area contributed by atoms with Crippen LogP contribution in [0.3, 0.4) is 0 Å². The van der Waals surface area contributed by atoms with Gasteiger partial charge in [0.1, 0.15) is 5.75 Å². The van der Waals surface area contributed by atoms with Gasteiger partial charge >= 0.3 is 12.2 Å². The first-order valence-corrected chi connectivity index (χ1v) is 8.90. The third-order valence-corrected chi connectivity index (χ3v) is 4.65. The molecule has 0 bridgehead atoms. The molecule has 30 heavy (non-hydrogen) atoms. The average molecular weight is 421 g/mol. The van der Waals surface area contributed by atoms with Crippen molar-refractivity contribution in [2.24, 2.45) is 0 Å². The van der Waals surface area contributed by atoms with Gasteiger partial charge in [-0.25, -0.2) is 4.79 Å². The topological polar surface area (TPSA) is 87.7 Å². The van der Waals surface area contributed by atoms with Crippen LogP contribution in [0.4, 0.5) is 18.0 Å². The quantitative estimate of drug-likeness (QED) is 0.702. The van der Waals surface area contributed by atoms with Crippen molar-refractivity contribution < 1.29 is 32.3 Å². The van der Waals surface area contributed by atoms with Gasteiger partial charge in [0.2, 0.25) is 0 Å². The molecule has 0 aromatic heterocycles. The number of halogens is 3. The molecule has 1 atom stereocenters. The Labute approximate surface area is 169 Å². The summed E-state index contributed by atoms with van der Waals surface area (Å²) >= 11 is 0. The smallest absolute Gasteiger partial charge is 0.440 e. The zero-order chi connectivity index (χ0) is 21.9. The highest BCUT2D eigenvalue weighted by molar-refractivity contribution is 6.10. The van der Waals surface area contributed by atoms with Crippen molar-refractivity contribution in [1.29, 1.82) is 0 Å². The van der Waals surface area contributed by atoms with Gasteiger partial charge in [0.05, 0.1) is 12.7 Å². The monoisotopic (exact) mass is 421 g/mol. The van der Waals surface area contributed by atoms with Crippen LogP contribution in [0.25, 0.3) is 0 Å². The van der Waals surface area contributed by atoms with E-state index >= 15 is 0 Å². The van der Waals surface area contributed by atoms with Crippen molar-refractivity contribution in [3.05, 3.63) is 65.7 Å². The summed E-state index contributed by atoms with van der Waals surface area (Å²) in [6.07, 6.45) is -5.12. The lowest BCUT2D eigenvalue weighted by Gasteiger charge is -2.30. The number of hydrogen-bond acceptors (Lipinski definition) is 4. The zero-order valence-electron chi connectivity index (χ0n) is 15.8. The van der Waals surface area contributed by atoms with Gasteiger partial charge in [-0.3, -0.25) is 19.8 Å². The zero-order valence-corrected chi connectivity index (χ0v) is 15.8. The number of alkyl halides is 3. The lowest BCUT2D eigenvalue weighted by atomic mass is 10.1. The van der Waals surface area contributed by atoms with Crippen LogP contribution in [0.1, 0.15) is 15.9 Å². The van der Waals surface area contributed by atoms with Crippen molar-refractivity contribution in [3.63, 3.8) is 0 Å². The van der Waals surface area contributed by atoms with E-state index in [2.05, 4.69) is 0 Å². The number of urea groups is 1. The first-order valence-electron chi connectivity index (χ1n) is 8.90. The maximum Gasteiger partial charge on any atom is 0.440 e. The fourth-order valence-electron chi connectivity index (χ4n) is 3.08. The number of nitrogens with zero attached hydrogens (tertiary/aromatic N) is 1. The minimum atomic E-state index is -5.28. The van der Waals surface area contributed by atoms with Gasteiger partial charge in [-0.2, -0.15) is 13.2 Å². The van der Waals surface area contributed by atoms with Crippen LogP contribution < -0.4 is 15.4 Å². The Balaban J connectivity index is 1.87. The van der Waals surface area contributed by atoms with E-state index in [4.69, 9.17) is 4.74 Å². The number of nitrogens with one attached hydrogen (secondary N) is 2. The lowest BCUT2D eigenvalue weighted by Crippen LogP contribution is -2.69. The number of hydrogen-bond donors (Lipinski definition) is 2. The highest BCUT2D eigenvalue weighted by Crippen LogP contribution is 2.34. The molecule has 10 heteroatoms. The summed E-state index contributed by atoms with van der Waals surface area (Å²) in [5, 5.41) is 3.29. The van der Waals surface area contributed by atoms with Crippen LogP contribution in [0.15, 0.2) is 54.6 Å². The molecule has 7 nitrogen and oxygen atoms in total. The number of carbonyl (C=O) groups is 3. The summed E-state index contributed by atoms with van der Waals surface area (Å²) < 4.78 is 46.8. The standard InChI is InChI=1S/C20H18F3N3O4/c1-30-15-10-6-5-9-14(15)16(27)24-19(20(21,22)23)17(28)26(18(29)25-19)12-11-13-7-3-2-4-8-13/h2-10H,11-12H2,1H3,(H,24,27)(H,25,29)/t19-/m0/s1. The molecule has 1 saturated heterocycles. The summed E-state index contributed by atoms with van der Waals surface area (Å²) in [4.78, 5) is 37.9. The van der Waals surface area contributed by atoms with Crippen LogP contribution in [-0.2, 0) is 11.2 Å². The molecule has 2 aromatic carbocycles. The molecule has 1 heterocycles. The van der Waals surface area contributed by atoms with E-state index in [1.807, 2.05) is 0 Å². The number of rotatable bonds is 6. The molecule has 3 rings (SSSR count). The van der Waals surface area contributed by atoms with Gasteiger partial charge in [-0.15, -0.1) is 0 Å². The van der Waals surface area contributed by atoms with Crippen molar-refractivity contribution in [2.45, 2.75) is 18.3 Å². The second-order valence-electron chi connectivity index (χ2n) is 6.52. The third-order valence-electron chi connectivity index (χ3n) is 4.65. The minimum absolute atomic E-state index is 0.0185. The molecule has 158 valence electrons. The number of methoxy groups -OCH3 is 1. The van der Waals surface area contributed by atoms with Crippen molar-refractivity contribution in [3.8, 4) is 5.75 Å². The molecule has 0 radical (unpaired) electrons. The third kappa shape index (κ3) is 3.80. The minimum Gasteiger partial charge on any atom is -0.496 e. The Morgan fingerprint density at radius 2 is 1.73 bits per heavy atom. The Morgan fingerprint density at radius 1 is 1.10 bits per heavy atom. The van der Waals surface area contributed by atoms with Crippen LogP contribution >= 0.6 is 0 Å². The number of imide groups is 1. The molecular weight excluding hydrogens is 403 g/mol. The maximum atomic E-state index is 13.9. The molecule has 0 aliphatic carbocycles. The second kappa shape index (κ2) is 8.05. The fraction of sp³-hybridized carbons (Fsp3) is 0.250. The van der Waals surface area contributed by atoms with Crippen molar-refractivity contribution in [1.82, 2.24) is 15.5 Å². The Bertz CT molecular complexity index is 965. The number of carbonyl (C=O) groups excluding carboxylic acids is 3. The summed E-state index contributed by atoms with van der Waals surface area (Å²) in [7, 11) is 1.25. The van der Waals surface area contributed by atoms with Crippen molar-refractivity contribution >= 4 is 17.8 Å². The molecule has 0 saturated carbocycles. The molecule has 4 amide bonds. The Morgan fingerprint density at radius 3 is 2.37 bits per heavy atom. The molecule has 1 fully saturated rings. The summed E-state index contributed by atoms with van der Waals surface area (Å²) in [6, 6.07) is 13.0. The van der Waals surface area contributed by atoms with Gasteiger partial charge < -0.3 is 10.1 Å². The maximum absolute atomic E-state index is 13.9. The van der Waals surface area contributed by atoms with E-state index in [1.54, 1.807) is 41.0 Å². The van der Waals surface area contributed by atoms with Gasteiger partial charge in [0.15, 0.2) is 0 Å². The van der Waals surface area contributed by atoms with Gasteiger partial charge in [0, 0.05) is 6.54 Å². The van der Waals surface area contributed by atoms with Gasteiger partial charge in [-0.05, 0) is 24.1 Å². The lowest BCUT2D eigenvalue weighted by molar-refractivity contribution is -0.200. The van der Waals surface area contributed by atoms with E-state index in [1.165, 1.54) is 31.4 Å². The second-order valence-corrected chi connectivity index (χ2v) is 6.52. The molecule has 1 aliphatic rings. The molecule has 0 spiro atoms. The van der Waals surface area contributed by atoms with Crippen LogP contribution in [0.2, 0.25) is 0 Å². The van der Waals surface area contributed by atoms with Crippen molar-refractivity contribution in [2.75, 3.05) is 13.7 Å². The van der Waals surface area contributed by atoms with E-state index in [-0.39, 0.29) is 24.3 Å². The van der Waals surface area contributed by atoms with Crippen LogP contribution in [-0.4, -0.2) is 48.2 Å². The average Bonchev–Trinajstić information content (AvgIpc) is 2.97. The highest BCUT2D eigenvalue weighted by Gasteiger charge is 2.68. The largest absolute Gasteiger partial charge is 0.496 e. The van der Waals surface area contributed by atoms with Gasteiger partial charge in [0.25, 0.3) is 17.5 Å². The molecule has 2 N–H and O–H groups in total. The van der Waals surface area contributed by atoms with E-state index in [9.17, 15) is 27.6 Å². The Kier molecular flexibility index (Phi) is 5.68. The molecule has 1 aliphatic heterocycles. The number of amides is 4. The number of para-hydroxylation sites is 1. The van der Waals surface area contributed by atoms with E-state index in [0.717, 1.165) is 5.56 Å². The van der Waals surface area contributed by atoms with E-state index in [0.29, 0.717) is 4.90 Å². The number of benzene rings is 2. The molecule has 2 aromatic rings.